The van der Waals surface area contributed by atoms with Crippen molar-refractivity contribution in [2.75, 3.05) is 0 Å². The van der Waals surface area contributed by atoms with Crippen molar-refractivity contribution < 1.29 is 0 Å². The number of nitrogens with two attached hydrogens (primary N) is 1. The van der Waals surface area contributed by atoms with Crippen LogP contribution in [0.2, 0.25) is 0 Å². The molecule has 0 heterocycles. The predicted octanol–water partition coefficient (Wildman–Crippen LogP) is 2.64. The smallest absolute Gasteiger partial charge is 0.0180 e. The molecule has 0 spiro atoms. The molecule has 0 amide bonds. The molecule has 1 nitrogen and oxygen atoms in total. The van der Waals surface area contributed by atoms with Gasteiger partial charge in [-0.15, -0.1) is 0 Å². The second kappa shape index (κ2) is 3.15. The lowest BCUT2D eigenvalue weighted by Gasteiger charge is -2.11. The van der Waals surface area contributed by atoms with Gasteiger partial charge in [-0.1, -0.05) is 12.1 Å². The molecule has 2 N–H and O–H groups in total. The molecule has 0 aromatic heterocycles. The van der Waals surface area contributed by atoms with E-state index in [1.54, 1.807) is 5.56 Å². The minimum Gasteiger partial charge on any atom is -0.326 e. The van der Waals surface area contributed by atoms with Gasteiger partial charge in [0.05, 0.1) is 0 Å². The predicted molar refractivity (Wildman–Crippen MR) is 55.8 cm³/mol. The minimum atomic E-state index is 0.664. The summed E-state index contributed by atoms with van der Waals surface area (Å²) in [5.41, 5.74) is 11.4. The molecule has 1 aliphatic rings. The summed E-state index contributed by atoms with van der Waals surface area (Å²) in [5.74, 6) is 0.852. The lowest BCUT2D eigenvalue weighted by atomic mass is 9.95. The second-order valence-corrected chi connectivity index (χ2v) is 4.04. The van der Waals surface area contributed by atoms with Crippen LogP contribution in [0, 0.1) is 13.8 Å². The van der Waals surface area contributed by atoms with Crippen molar-refractivity contribution in [3.63, 3.8) is 0 Å². The van der Waals surface area contributed by atoms with Crippen LogP contribution in [0.4, 0.5) is 0 Å². The van der Waals surface area contributed by atoms with Gasteiger partial charge in [0.15, 0.2) is 0 Å². The molecule has 70 valence electrons. The third-order valence-corrected chi connectivity index (χ3v) is 3.18. The quantitative estimate of drug-likeness (QED) is 0.734. The Bertz CT molecular complexity index is 324. The van der Waals surface area contributed by atoms with Crippen LogP contribution >= 0.6 is 0 Å². The van der Waals surface area contributed by atoms with Crippen LogP contribution in [0.15, 0.2) is 12.1 Å². The Kier molecular flexibility index (Phi) is 2.12. The van der Waals surface area contributed by atoms with E-state index in [1.807, 2.05) is 0 Å². The van der Waals surface area contributed by atoms with Crippen molar-refractivity contribution >= 4 is 0 Å². The van der Waals surface area contributed by atoms with E-state index in [9.17, 15) is 0 Å². The Hall–Kier alpha value is -0.820. The van der Waals surface area contributed by atoms with Gasteiger partial charge in [0, 0.05) is 6.54 Å². The summed E-state index contributed by atoms with van der Waals surface area (Å²) in [6.45, 7) is 5.07. The van der Waals surface area contributed by atoms with Crippen LogP contribution in [0.1, 0.15) is 41.0 Å². The minimum absolute atomic E-state index is 0.664. The summed E-state index contributed by atoms with van der Waals surface area (Å²) in [4.78, 5) is 0. The van der Waals surface area contributed by atoms with Crippen LogP contribution < -0.4 is 5.73 Å². The molecule has 0 radical (unpaired) electrons. The number of hydrogen-bond donors (Lipinski definition) is 1. The largest absolute Gasteiger partial charge is 0.326 e. The van der Waals surface area contributed by atoms with Crippen molar-refractivity contribution in [2.45, 2.75) is 39.2 Å². The van der Waals surface area contributed by atoms with Gasteiger partial charge < -0.3 is 5.73 Å². The molecular weight excluding hydrogens is 158 g/mol. The maximum absolute atomic E-state index is 5.66. The highest BCUT2D eigenvalue weighted by molar-refractivity contribution is 5.42. The Labute approximate surface area is 80.0 Å². The van der Waals surface area contributed by atoms with Gasteiger partial charge in [-0.05, 0) is 54.9 Å². The highest BCUT2D eigenvalue weighted by Crippen LogP contribution is 2.42. The van der Waals surface area contributed by atoms with Crippen molar-refractivity contribution in [3.05, 3.63) is 34.4 Å². The standard InChI is InChI=1S/C12H17N/c1-8-9(2)12(10-3-4-10)6-5-11(8)7-13/h5-6,10H,3-4,7,13H2,1-2H3. The third-order valence-electron chi connectivity index (χ3n) is 3.18. The van der Waals surface area contributed by atoms with E-state index in [4.69, 9.17) is 5.73 Å². The Balaban J connectivity index is 2.44. The van der Waals surface area contributed by atoms with Crippen molar-refractivity contribution in [2.24, 2.45) is 5.73 Å². The lowest BCUT2D eigenvalue weighted by Crippen LogP contribution is -2.02. The van der Waals surface area contributed by atoms with E-state index in [0.29, 0.717) is 6.54 Å². The Morgan fingerprint density at radius 2 is 1.92 bits per heavy atom. The monoisotopic (exact) mass is 175 g/mol. The summed E-state index contributed by atoms with van der Waals surface area (Å²) < 4.78 is 0. The van der Waals surface area contributed by atoms with Crippen molar-refractivity contribution in [1.29, 1.82) is 0 Å². The van der Waals surface area contributed by atoms with Gasteiger partial charge in [-0.2, -0.15) is 0 Å². The van der Waals surface area contributed by atoms with Gasteiger partial charge in [0.1, 0.15) is 0 Å². The Morgan fingerprint density at radius 3 is 2.46 bits per heavy atom. The molecule has 0 unspecified atom stereocenters. The van der Waals surface area contributed by atoms with Crippen LogP contribution in [0.3, 0.4) is 0 Å². The topological polar surface area (TPSA) is 26.0 Å². The van der Waals surface area contributed by atoms with E-state index in [-0.39, 0.29) is 0 Å². The van der Waals surface area contributed by atoms with E-state index in [2.05, 4.69) is 26.0 Å². The summed E-state index contributed by atoms with van der Waals surface area (Å²) >= 11 is 0. The molecule has 13 heavy (non-hydrogen) atoms. The highest BCUT2D eigenvalue weighted by Gasteiger charge is 2.25. The first-order chi connectivity index (χ1) is 6.24. The lowest BCUT2D eigenvalue weighted by molar-refractivity contribution is 1.01. The molecular formula is C12H17N. The summed E-state index contributed by atoms with van der Waals surface area (Å²) in [5, 5.41) is 0. The molecule has 2 rings (SSSR count). The SMILES string of the molecule is Cc1c(CN)ccc(C2CC2)c1C. The molecule has 0 saturated heterocycles. The molecule has 1 aromatic carbocycles. The van der Waals surface area contributed by atoms with Crippen LogP contribution in [0.5, 0.6) is 0 Å². The van der Waals surface area contributed by atoms with E-state index in [1.165, 1.54) is 29.5 Å². The summed E-state index contributed by atoms with van der Waals surface area (Å²) in [7, 11) is 0. The van der Waals surface area contributed by atoms with Gasteiger partial charge >= 0.3 is 0 Å². The van der Waals surface area contributed by atoms with Gasteiger partial charge in [0.25, 0.3) is 0 Å². The van der Waals surface area contributed by atoms with E-state index in [0.717, 1.165) is 5.92 Å². The summed E-state index contributed by atoms with van der Waals surface area (Å²) in [6, 6.07) is 4.46. The second-order valence-electron chi connectivity index (χ2n) is 4.04. The fraction of sp³-hybridized carbons (Fsp3) is 0.500. The zero-order chi connectivity index (χ0) is 9.42. The maximum atomic E-state index is 5.66. The molecule has 0 aliphatic heterocycles. The zero-order valence-electron chi connectivity index (χ0n) is 8.43. The fourth-order valence-electron chi connectivity index (χ4n) is 1.96. The van der Waals surface area contributed by atoms with Crippen molar-refractivity contribution in [3.8, 4) is 0 Å². The van der Waals surface area contributed by atoms with E-state index < -0.39 is 0 Å². The molecule has 0 atom stereocenters. The first kappa shape index (κ1) is 8.76. The molecule has 1 saturated carbocycles. The zero-order valence-corrected chi connectivity index (χ0v) is 8.43. The number of hydrogen-bond acceptors (Lipinski definition) is 1. The third kappa shape index (κ3) is 1.49. The summed E-state index contributed by atoms with van der Waals surface area (Å²) in [6.07, 6.45) is 2.75. The van der Waals surface area contributed by atoms with Gasteiger partial charge in [0.2, 0.25) is 0 Å². The normalized spacial score (nSPS) is 16.2. The molecule has 1 heteroatoms. The van der Waals surface area contributed by atoms with Crippen LogP contribution in [-0.4, -0.2) is 0 Å². The van der Waals surface area contributed by atoms with Crippen LogP contribution in [0.25, 0.3) is 0 Å². The number of rotatable bonds is 2. The molecule has 1 aliphatic carbocycles. The highest BCUT2D eigenvalue weighted by atomic mass is 14.5. The molecule has 1 aromatic rings. The van der Waals surface area contributed by atoms with Gasteiger partial charge in [-0.3, -0.25) is 0 Å². The first-order valence-corrected chi connectivity index (χ1v) is 5.03. The molecule has 1 fully saturated rings. The van der Waals surface area contributed by atoms with Gasteiger partial charge in [-0.25, -0.2) is 0 Å². The number of benzene rings is 1. The van der Waals surface area contributed by atoms with Crippen molar-refractivity contribution in [1.82, 2.24) is 0 Å². The average molecular weight is 175 g/mol. The van der Waals surface area contributed by atoms with E-state index >= 15 is 0 Å². The first-order valence-electron chi connectivity index (χ1n) is 5.03. The molecule has 0 bridgehead atoms. The Morgan fingerprint density at radius 1 is 1.23 bits per heavy atom. The van der Waals surface area contributed by atoms with Crippen LogP contribution in [-0.2, 0) is 6.54 Å². The average Bonchev–Trinajstić information content (AvgIpc) is 2.93. The fourth-order valence-corrected chi connectivity index (χ4v) is 1.96. The maximum Gasteiger partial charge on any atom is 0.0180 e.